The van der Waals surface area contributed by atoms with Crippen molar-refractivity contribution < 1.29 is 14.6 Å². The first-order valence-electron chi connectivity index (χ1n) is 11.5. The van der Waals surface area contributed by atoms with Crippen molar-refractivity contribution in [1.29, 1.82) is 0 Å². The van der Waals surface area contributed by atoms with Gasteiger partial charge >= 0.3 is 0 Å². The van der Waals surface area contributed by atoms with Gasteiger partial charge in [0.1, 0.15) is 6.54 Å². The fourth-order valence-corrected chi connectivity index (χ4v) is 5.15. The molecular weight excluding hydrogens is 390 g/mol. The molecule has 2 heterocycles. The van der Waals surface area contributed by atoms with Gasteiger partial charge in [-0.2, -0.15) is 0 Å². The second-order valence-corrected chi connectivity index (χ2v) is 9.11. The molecule has 2 aromatic carbocycles. The molecule has 2 fully saturated rings. The summed E-state index contributed by atoms with van der Waals surface area (Å²) in [6.45, 7) is 4.32. The molecular formula is C25H32N3O3+. The minimum atomic E-state index is -0.344. The molecule has 6 heteroatoms. The predicted octanol–water partition coefficient (Wildman–Crippen LogP) is 2.87. The number of nitrogens with one attached hydrogen (secondary N) is 1. The highest BCUT2D eigenvalue weighted by atomic mass is 16.6. The Bertz CT molecular complexity index is 894. The van der Waals surface area contributed by atoms with Crippen molar-refractivity contribution in [2.24, 2.45) is 11.8 Å². The third-order valence-electron chi connectivity index (χ3n) is 6.84. The van der Waals surface area contributed by atoms with Crippen molar-refractivity contribution >= 4 is 11.6 Å². The molecule has 31 heavy (non-hydrogen) atoms. The van der Waals surface area contributed by atoms with Gasteiger partial charge in [0, 0.05) is 30.8 Å². The Kier molecular flexibility index (Phi) is 6.97. The number of rotatable bonds is 6. The van der Waals surface area contributed by atoms with Gasteiger partial charge in [-0.3, -0.25) is 14.9 Å². The Labute approximate surface area is 184 Å². The summed E-state index contributed by atoms with van der Waals surface area (Å²) in [6, 6.07) is 17.5. The largest absolute Gasteiger partial charge is 0.342 e. The van der Waals surface area contributed by atoms with Gasteiger partial charge in [0.05, 0.1) is 23.9 Å². The van der Waals surface area contributed by atoms with Crippen molar-refractivity contribution in [3.8, 4) is 0 Å². The molecule has 0 saturated carbocycles. The van der Waals surface area contributed by atoms with E-state index in [0.717, 1.165) is 70.4 Å². The van der Waals surface area contributed by atoms with Crippen LogP contribution in [0.5, 0.6) is 0 Å². The Balaban J connectivity index is 1.28. The van der Waals surface area contributed by atoms with E-state index in [-0.39, 0.29) is 16.5 Å². The number of carbonyl (C=O) groups excluding carboxylic acids is 1. The summed E-state index contributed by atoms with van der Waals surface area (Å²) in [5.74, 6) is 1.05. The second-order valence-electron chi connectivity index (χ2n) is 9.11. The lowest BCUT2D eigenvalue weighted by Crippen LogP contribution is -3.12. The molecule has 164 valence electrons. The molecule has 2 saturated heterocycles. The first kappa shape index (κ1) is 21.5. The van der Waals surface area contributed by atoms with Gasteiger partial charge in [0.2, 0.25) is 5.91 Å². The Morgan fingerprint density at radius 3 is 2.52 bits per heavy atom. The quantitative estimate of drug-likeness (QED) is 0.575. The van der Waals surface area contributed by atoms with E-state index in [1.54, 1.807) is 12.1 Å². The zero-order valence-corrected chi connectivity index (χ0v) is 18.0. The summed E-state index contributed by atoms with van der Waals surface area (Å²) in [5.41, 5.74) is 2.50. The molecule has 0 bridgehead atoms. The summed E-state index contributed by atoms with van der Waals surface area (Å²) >= 11 is 0. The number of hydrogen-bond donors (Lipinski definition) is 1. The van der Waals surface area contributed by atoms with E-state index in [1.165, 1.54) is 16.5 Å². The fraction of sp³-hybridized carbons (Fsp3) is 0.480. The number of likely N-dealkylation sites (tertiary alicyclic amines) is 2. The molecule has 0 radical (unpaired) electrons. The van der Waals surface area contributed by atoms with Crippen LogP contribution in [0.3, 0.4) is 0 Å². The average molecular weight is 423 g/mol. The Morgan fingerprint density at radius 2 is 1.77 bits per heavy atom. The average Bonchev–Trinajstić information content (AvgIpc) is 2.80. The molecule has 6 nitrogen and oxygen atoms in total. The van der Waals surface area contributed by atoms with Gasteiger partial charge in [-0.05, 0) is 43.6 Å². The Hall–Kier alpha value is -2.73. The highest BCUT2D eigenvalue weighted by molar-refractivity contribution is 5.79. The number of hydrogen-bond acceptors (Lipinski definition) is 3. The van der Waals surface area contributed by atoms with E-state index in [0.29, 0.717) is 11.8 Å². The lowest BCUT2D eigenvalue weighted by atomic mass is 9.89. The van der Waals surface area contributed by atoms with E-state index in [9.17, 15) is 14.9 Å². The molecule has 1 unspecified atom stereocenters. The van der Waals surface area contributed by atoms with Gasteiger partial charge in [-0.25, -0.2) is 0 Å². The molecule has 1 N–H and O–H groups in total. The third kappa shape index (κ3) is 5.70. The maximum Gasteiger partial charge on any atom is 0.269 e. The van der Waals surface area contributed by atoms with Crippen molar-refractivity contribution in [3.63, 3.8) is 0 Å². The maximum atomic E-state index is 13.2. The van der Waals surface area contributed by atoms with Crippen LogP contribution < -0.4 is 4.90 Å². The fourth-order valence-electron chi connectivity index (χ4n) is 5.15. The summed E-state index contributed by atoms with van der Waals surface area (Å²) in [6.07, 6.45) is 5.26. The van der Waals surface area contributed by atoms with Gasteiger partial charge in [-0.15, -0.1) is 0 Å². The molecule has 2 aromatic rings. The first-order chi connectivity index (χ1) is 15.1. The number of non-ortho nitro benzene ring substituents is 1. The summed E-state index contributed by atoms with van der Waals surface area (Å²) in [5, 5.41) is 11.0. The van der Waals surface area contributed by atoms with Crippen LogP contribution in [0.2, 0.25) is 0 Å². The van der Waals surface area contributed by atoms with E-state index >= 15 is 0 Å². The smallest absolute Gasteiger partial charge is 0.269 e. The summed E-state index contributed by atoms with van der Waals surface area (Å²) < 4.78 is 0. The van der Waals surface area contributed by atoms with Gasteiger partial charge < -0.3 is 9.80 Å². The van der Waals surface area contributed by atoms with E-state index in [1.807, 2.05) is 6.07 Å². The SMILES string of the molecule is O=C([C@H]1CCC[NH+](Cc2cccc([N+](=O)[O-])c2)C1)N1CCC(Cc2ccccc2)CC1. The van der Waals surface area contributed by atoms with Crippen LogP contribution in [0, 0.1) is 22.0 Å². The van der Waals surface area contributed by atoms with E-state index in [2.05, 4.69) is 35.2 Å². The van der Waals surface area contributed by atoms with Gasteiger partial charge in [0.15, 0.2) is 0 Å². The number of benzene rings is 2. The van der Waals surface area contributed by atoms with Gasteiger partial charge in [0.25, 0.3) is 5.69 Å². The number of carbonyl (C=O) groups is 1. The van der Waals surface area contributed by atoms with Crippen molar-refractivity contribution in [3.05, 3.63) is 75.8 Å². The number of nitro benzene ring substituents is 1. The minimum Gasteiger partial charge on any atom is -0.342 e. The van der Waals surface area contributed by atoms with Gasteiger partial charge in [-0.1, -0.05) is 42.5 Å². The number of quaternary nitrogens is 1. The summed E-state index contributed by atoms with van der Waals surface area (Å²) in [7, 11) is 0. The van der Waals surface area contributed by atoms with Crippen molar-refractivity contribution in [1.82, 2.24) is 4.90 Å². The predicted molar refractivity (Wildman–Crippen MR) is 120 cm³/mol. The zero-order valence-electron chi connectivity index (χ0n) is 18.0. The van der Waals surface area contributed by atoms with Crippen LogP contribution in [-0.4, -0.2) is 41.9 Å². The standard InChI is InChI=1S/C25H31N3O3/c29-25(27-14-11-21(12-15-27)16-20-6-2-1-3-7-20)23-9-5-13-26(19-23)18-22-8-4-10-24(17-22)28(30)31/h1-4,6-8,10,17,21,23H,5,9,11-16,18-19H2/p+1/t23-/m0/s1. The lowest BCUT2D eigenvalue weighted by molar-refractivity contribution is -0.921. The lowest BCUT2D eigenvalue weighted by Gasteiger charge is -2.36. The van der Waals surface area contributed by atoms with Crippen molar-refractivity contribution in [2.75, 3.05) is 26.2 Å². The molecule has 4 rings (SSSR count). The second kappa shape index (κ2) is 10.1. The number of amides is 1. The minimum absolute atomic E-state index is 0.0770. The van der Waals surface area contributed by atoms with Crippen LogP contribution in [0.25, 0.3) is 0 Å². The molecule has 2 aliphatic heterocycles. The molecule has 2 aliphatic rings. The van der Waals surface area contributed by atoms with Crippen LogP contribution in [0.15, 0.2) is 54.6 Å². The number of piperidine rings is 2. The summed E-state index contributed by atoms with van der Waals surface area (Å²) in [4.78, 5) is 27.3. The maximum absolute atomic E-state index is 13.2. The molecule has 0 aliphatic carbocycles. The molecule has 0 aromatic heterocycles. The Morgan fingerprint density at radius 1 is 1.03 bits per heavy atom. The topological polar surface area (TPSA) is 67.9 Å². The zero-order chi connectivity index (χ0) is 21.6. The molecule has 1 amide bonds. The van der Waals surface area contributed by atoms with Crippen LogP contribution >= 0.6 is 0 Å². The van der Waals surface area contributed by atoms with E-state index < -0.39 is 0 Å². The molecule has 2 atom stereocenters. The monoisotopic (exact) mass is 422 g/mol. The highest BCUT2D eigenvalue weighted by Crippen LogP contribution is 2.24. The van der Waals surface area contributed by atoms with Crippen molar-refractivity contribution in [2.45, 2.75) is 38.6 Å². The number of nitrogens with zero attached hydrogens (tertiary/aromatic N) is 2. The van der Waals surface area contributed by atoms with Crippen LogP contribution in [0.1, 0.15) is 36.8 Å². The normalized spacial score (nSPS) is 22.3. The number of nitro groups is 1. The molecule has 0 spiro atoms. The highest BCUT2D eigenvalue weighted by Gasteiger charge is 2.33. The third-order valence-corrected chi connectivity index (χ3v) is 6.84. The first-order valence-corrected chi connectivity index (χ1v) is 11.5. The van der Waals surface area contributed by atoms with E-state index in [4.69, 9.17) is 0 Å². The van der Waals surface area contributed by atoms with Crippen LogP contribution in [0.4, 0.5) is 5.69 Å². The van der Waals surface area contributed by atoms with Crippen LogP contribution in [-0.2, 0) is 17.8 Å².